The van der Waals surface area contributed by atoms with Crippen LogP contribution in [-0.2, 0) is 11.0 Å². The molecule has 2 rings (SSSR count). The SMILES string of the molecule is CC(=O)Nc1cccc(C(=O)Nc2ccc(C(F)(F)F)cn2)c1. The Balaban J connectivity index is 2.11. The molecule has 0 atom stereocenters. The van der Waals surface area contributed by atoms with Gasteiger partial charge in [0.05, 0.1) is 5.56 Å². The molecule has 0 spiro atoms. The molecule has 0 unspecified atom stereocenters. The molecule has 8 heteroatoms. The molecule has 1 aromatic carbocycles. The average molecular weight is 323 g/mol. The molecule has 2 aromatic rings. The predicted molar refractivity (Wildman–Crippen MR) is 77.9 cm³/mol. The number of anilines is 2. The third-order valence-corrected chi connectivity index (χ3v) is 2.78. The Bertz CT molecular complexity index is 727. The molecule has 0 fully saturated rings. The first-order chi connectivity index (χ1) is 10.8. The van der Waals surface area contributed by atoms with E-state index in [2.05, 4.69) is 15.6 Å². The van der Waals surface area contributed by atoms with Crippen LogP contribution in [0, 0.1) is 0 Å². The van der Waals surface area contributed by atoms with E-state index in [9.17, 15) is 22.8 Å². The minimum absolute atomic E-state index is 0.00655. The summed E-state index contributed by atoms with van der Waals surface area (Å²) in [4.78, 5) is 26.6. The molecule has 0 aliphatic heterocycles. The molecule has 0 bridgehead atoms. The Morgan fingerprint density at radius 3 is 2.39 bits per heavy atom. The summed E-state index contributed by atoms with van der Waals surface area (Å²) in [6, 6.07) is 8.02. The summed E-state index contributed by atoms with van der Waals surface area (Å²) in [5, 5.41) is 4.92. The quantitative estimate of drug-likeness (QED) is 0.910. The molecular weight excluding hydrogens is 311 g/mol. The van der Waals surface area contributed by atoms with Crippen LogP contribution in [0.2, 0.25) is 0 Å². The number of halogens is 3. The number of hydrogen-bond acceptors (Lipinski definition) is 3. The van der Waals surface area contributed by atoms with Gasteiger partial charge in [-0.2, -0.15) is 13.2 Å². The first kappa shape index (κ1) is 16.5. The molecule has 120 valence electrons. The second kappa shape index (κ2) is 6.47. The molecule has 0 aliphatic carbocycles. The van der Waals surface area contributed by atoms with Crippen LogP contribution in [0.3, 0.4) is 0 Å². The van der Waals surface area contributed by atoms with Crippen molar-refractivity contribution in [1.82, 2.24) is 4.98 Å². The minimum atomic E-state index is -4.48. The highest BCUT2D eigenvalue weighted by molar-refractivity contribution is 6.04. The highest BCUT2D eigenvalue weighted by Crippen LogP contribution is 2.28. The van der Waals surface area contributed by atoms with Crippen LogP contribution < -0.4 is 10.6 Å². The fourth-order valence-electron chi connectivity index (χ4n) is 1.77. The van der Waals surface area contributed by atoms with Gasteiger partial charge in [0.15, 0.2) is 0 Å². The van der Waals surface area contributed by atoms with Gasteiger partial charge in [-0.15, -0.1) is 0 Å². The van der Waals surface area contributed by atoms with Gasteiger partial charge in [-0.25, -0.2) is 4.98 Å². The van der Waals surface area contributed by atoms with Crippen molar-refractivity contribution in [3.63, 3.8) is 0 Å². The molecule has 5 nitrogen and oxygen atoms in total. The van der Waals surface area contributed by atoms with E-state index in [1.807, 2.05) is 0 Å². The number of carbonyl (C=O) groups is 2. The van der Waals surface area contributed by atoms with Gasteiger partial charge in [0.2, 0.25) is 5.91 Å². The summed E-state index contributed by atoms with van der Waals surface area (Å²) >= 11 is 0. The van der Waals surface area contributed by atoms with E-state index >= 15 is 0 Å². The van der Waals surface area contributed by atoms with Crippen molar-refractivity contribution in [2.24, 2.45) is 0 Å². The van der Waals surface area contributed by atoms with E-state index in [0.29, 0.717) is 11.9 Å². The fraction of sp³-hybridized carbons (Fsp3) is 0.133. The maximum atomic E-state index is 12.4. The van der Waals surface area contributed by atoms with Crippen LogP contribution in [0.25, 0.3) is 0 Å². The number of nitrogens with one attached hydrogen (secondary N) is 2. The normalized spacial score (nSPS) is 11.0. The first-order valence-corrected chi connectivity index (χ1v) is 6.48. The van der Waals surface area contributed by atoms with Crippen LogP contribution in [0.1, 0.15) is 22.8 Å². The van der Waals surface area contributed by atoms with Gasteiger partial charge in [0, 0.05) is 24.4 Å². The van der Waals surface area contributed by atoms with E-state index in [1.54, 1.807) is 12.1 Å². The third kappa shape index (κ3) is 4.53. The van der Waals surface area contributed by atoms with E-state index in [4.69, 9.17) is 0 Å². The van der Waals surface area contributed by atoms with E-state index in [1.165, 1.54) is 19.1 Å². The average Bonchev–Trinajstić information content (AvgIpc) is 2.46. The van der Waals surface area contributed by atoms with Crippen molar-refractivity contribution in [1.29, 1.82) is 0 Å². The molecule has 1 heterocycles. The van der Waals surface area contributed by atoms with Crippen LogP contribution in [0.5, 0.6) is 0 Å². The van der Waals surface area contributed by atoms with Gasteiger partial charge in [-0.1, -0.05) is 6.07 Å². The molecule has 0 radical (unpaired) electrons. The highest BCUT2D eigenvalue weighted by Gasteiger charge is 2.30. The van der Waals surface area contributed by atoms with Crippen molar-refractivity contribution in [3.8, 4) is 0 Å². The van der Waals surface area contributed by atoms with Gasteiger partial charge < -0.3 is 10.6 Å². The van der Waals surface area contributed by atoms with Gasteiger partial charge in [-0.3, -0.25) is 9.59 Å². The Hall–Kier alpha value is -2.90. The van der Waals surface area contributed by atoms with Gasteiger partial charge >= 0.3 is 6.18 Å². The minimum Gasteiger partial charge on any atom is -0.326 e. The van der Waals surface area contributed by atoms with Gasteiger partial charge in [0.25, 0.3) is 5.91 Å². The lowest BCUT2D eigenvalue weighted by Crippen LogP contribution is -2.14. The van der Waals surface area contributed by atoms with Crippen LogP contribution in [0.15, 0.2) is 42.6 Å². The molecule has 2 amide bonds. The Morgan fingerprint density at radius 1 is 1.09 bits per heavy atom. The van der Waals surface area contributed by atoms with E-state index in [0.717, 1.165) is 12.1 Å². The number of pyridine rings is 1. The second-order valence-corrected chi connectivity index (χ2v) is 4.65. The van der Waals surface area contributed by atoms with Crippen LogP contribution in [0.4, 0.5) is 24.7 Å². The number of hydrogen-bond donors (Lipinski definition) is 2. The van der Waals surface area contributed by atoms with Crippen LogP contribution >= 0.6 is 0 Å². The zero-order chi connectivity index (χ0) is 17.0. The molecule has 23 heavy (non-hydrogen) atoms. The second-order valence-electron chi connectivity index (χ2n) is 4.65. The molecule has 1 aromatic heterocycles. The Morgan fingerprint density at radius 2 is 1.83 bits per heavy atom. The van der Waals surface area contributed by atoms with Crippen molar-refractivity contribution >= 4 is 23.3 Å². The molecule has 2 N–H and O–H groups in total. The highest BCUT2D eigenvalue weighted by atomic mass is 19.4. The van der Waals surface area contributed by atoms with Crippen molar-refractivity contribution in [2.75, 3.05) is 10.6 Å². The smallest absolute Gasteiger partial charge is 0.326 e. The Labute approximate surface area is 129 Å². The lowest BCUT2D eigenvalue weighted by Gasteiger charge is -2.09. The van der Waals surface area contributed by atoms with Crippen molar-refractivity contribution in [3.05, 3.63) is 53.7 Å². The number of nitrogens with zero attached hydrogens (tertiary/aromatic N) is 1. The fourth-order valence-corrected chi connectivity index (χ4v) is 1.77. The third-order valence-electron chi connectivity index (χ3n) is 2.78. The predicted octanol–water partition coefficient (Wildman–Crippen LogP) is 3.31. The maximum absolute atomic E-state index is 12.4. The Kier molecular flexibility index (Phi) is 4.63. The number of alkyl halides is 3. The van der Waals surface area contributed by atoms with Crippen molar-refractivity contribution < 1.29 is 22.8 Å². The standard InChI is InChI=1S/C15H12F3N3O2/c1-9(22)20-12-4-2-3-10(7-12)14(23)21-13-6-5-11(8-19-13)15(16,17)18/h2-8H,1H3,(H,20,22)(H,19,21,23). The van der Waals surface area contributed by atoms with Gasteiger partial charge in [0.1, 0.15) is 5.82 Å². The summed E-state index contributed by atoms with van der Waals surface area (Å²) in [5.41, 5.74) is -0.230. The maximum Gasteiger partial charge on any atom is 0.417 e. The topological polar surface area (TPSA) is 71.1 Å². The summed E-state index contributed by atoms with van der Waals surface area (Å²) < 4.78 is 37.3. The zero-order valence-corrected chi connectivity index (χ0v) is 11.9. The number of aromatic nitrogens is 1. The number of carbonyl (C=O) groups excluding carboxylic acids is 2. The number of rotatable bonds is 3. The zero-order valence-electron chi connectivity index (χ0n) is 11.9. The summed E-state index contributed by atoms with van der Waals surface area (Å²) in [6.07, 6.45) is -3.84. The summed E-state index contributed by atoms with van der Waals surface area (Å²) in [7, 11) is 0. The van der Waals surface area contributed by atoms with Crippen molar-refractivity contribution in [2.45, 2.75) is 13.1 Å². The monoisotopic (exact) mass is 323 g/mol. The molecular formula is C15H12F3N3O2. The molecule has 0 aliphatic rings. The summed E-state index contributed by atoms with van der Waals surface area (Å²) in [5.74, 6) is -0.843. The molecule has 0 saturated heterocycles. The largest absolute Gasteiger partial charge is 0.417 e. The number of benzene rings is 1. The lowest BCUT2D eigenvalue weighted by atomic mass is 10.2. The van der Waals surface area contributed by atoms with E-state index in [-0.39, 0.29) is 17.3 Å². The first-order valence-electron chi connectivity index (χ1n) is 6.48. The van der Waals surface area contributed by atoms with E-state index < -0.39 is 17.6 Å². The molecule has 0 saturated carbocycles. The van der Waals surface area contributed by atoms with Crippen LogP contribution in [-0.4, -0.2) is 16.8 Å². The summed E-state index contributed by atoms with van der Waals surface area (Å²) in [6.45, 7) is 1.33. The number of amides is 2. The lowest BCUT2D eigenvalue weighted by molar-refractivity contribution is -0.137. The van der Waals surface area contributed by atoms with Gasteiger partial charge in [-0.05, 0) is 30.3 Å².